The smallest absolute Gasteiger partial charge is 0.121 e. The van der Waals surface area contributed by atoms with Crippen LogP contribution in [0.25, 0.3) is 0 Å². The van der Waals surface area contributed by atoms with Gasteiger partial charge in [-0.1, -0.05) is 269 Å². The lowest BCUT2D eigenvalue weighted by Gasteiger charge is -2.23. The molecule has 0 aromatic heterocycles. The predicted molar refractivity (Wildman–Crippen MR) is 269 cm³/mol. The zero-order valence-electron chi connectivity index (χ0n) is 40.4. The van der Waals surface area contributed by atoms with Gasteiger partial charge in [0.25, 0.3) is 0 Å². The lowest BCUT2D eigenvalue weighted by atomic mass is 9.82. The first-order chi connectivity index (χ1) is 28.9. The van der Waals surface area contributed by atoms with Crippen molar-refractivity contribution in [2.24, 2.45) is 0 Å². The number of hydrogen-bond acceptors (Lipinski definition) is 2. The molecule has 2 N–H and O–H groups in total. The van der Waals surface area contributed by atoms with E-state index in [1.165, 1.54) is 265 Å². The van der Waals surface area contributed by atoms with E-state index >= 15 is 0 Å². The third kappa shape index (κ3) is 27.9. The van der Waals surface area contributed by atoms with E-state index in [4.69, 9.17) is 0 Å². The summed E-state index contributed by atoms with van der Waals surface area (Å²) >= 11 is 0. The monoisotopic (exact) mass is 833 g/mol. The fourth-order valence-corrected chi connectivity index (χ4v) is 9.76. The summed E-state index contributed by atoms with van der Waals surface area (Å²) in [4.78, 5) is 0. The molecule has 0 radical (unpaired) electrons. The highest BCUT2D eigenvalue weighted by Gasteiger charge is 2.19. The van der Waals surface area contributed by atoms with Gasteiger partial charge in [-0.2, -0.15) is 0 Å². The molecule has 0 unspecified atom stereocenters. The van der Waals surface area contributed by atoms with Gasteiger partial charge in [0.2, 0.25) is 0 Å². The van der Waals surface area contributed by atoms with Crippen LogP contribution in [-0.4, -0.2) is 10.2 Å². The Morgan fingerprint density at radius 1 is 0.383 bits per heavy atom. The van der Waals surface area contributed by atoms with Gasteiger partial charge in [-0.05, 0) is 87.5 Å². The summed E-state index contributed by atoms with van der Waals surface area (Å²) in [6, 6.07) is 8.69. The van der Waals surface area contributed by atoms with Gasteiger partial charge in [-0.15, -0.1) is 0 Å². The summed E-state index contributed by atoms with van der Waals surface area (Å²) < 4.78 is 0. The van der Waals surface area contributed by atoms with Crippen molar-refractivity contribution in [2.75, 3.05) is 0 Å². The number of rotatable bonds is 35. The summed E-state index contributed by atoms with van der Waals surface area (Å²) in [5.74, 6) is 1.74. The fourth-order valence-electron chi connectivity index (χ4n) is 9.76. The maximum absolute atomic E-state index is 11.0. The van der Waals surface area contributed by atoms with E-state index < -0.39 is 0 Å². The van der Waals surface area contributed by atoms with Gasteiger partial charge >= 0.3 is 0 Å². The molecule has 0 bridgehead atoms. The molecule has 1 aliphatic rings. The molecule has 2 heteroatoms. The number of aromatic hydroxyl groups is 2. The van der Waals surface area contributed by atoms with Crippen molar-refractivity contribution in [2.45, 2.75) is 298 Å². The van der Waals surface area contributed by atoms with E-state index in [0.29, 0.717) is 17.4 Å². The molecule has 0 amide bonds. The number of phenolic OH excluding ortho intramolecular Hbond substituents is 2. The Balaban J connectivity index is 0.000000932. The highest BCUT2D eigenvalue weighted by Crippen LogP contribution is 2.39. The van der Waals surface area contributed by atoms with Gasteiger partial charge in [0.1, 0.15) is 11.5 Å². The first kappa shape index (κ1) is 56.1. The highest BCUT2D eigenvalue weighted by molar-refractivity contribution is 5.45. The molecule has 1 aliphatic carbocycles. The molecule has 1 saturated carbocycles. The lowest BCUT2D eigenvalue weighted by Crippen LogP contribution is -2.05. The van der Waals surface area contributed by atoms with Crippen molar-refractivity contribution in [3.05, 3.63) is 57.6 Å². The van der Waals surface area contributed by atoms with Crippen LogP contribution in [0, 0.1) is 20.8 Å². The quantitative estimate of drug-likeness (QED) is 0.0679. The van der Waals surface area contributed by atoms with Crippen molar-refractivity contribution in [3.8, 4) is 11.5 Å². The molecular weight excluding hydrogens is 729 g/mol. The lowest BCUT2D eigenvalue weighted by molar-refractivity contribution is 0.412. The van der Waals surface area contributed by atoms with Crippen LogP contribution in [0.4, 0.5) is 0 Å². The zero-order valence-corrected chi connectivity index (χ0v) is 40.4. The Bertz CT molecular complexity index is 1200. The second kappa shape index (κ2) is 38.7. The maximum Gasteiger partial charge on any atom is 0.121 e. The highest BCUT2D eigenvalue weighted by atomic mass is 16.3. The topological polar surface area (TPSA) is 40.5 Å². The molecule has 0 spiro atoms. The van der Waals surface area contributed by atoms with Crippen LogP contribution in [0.2, 0.25) is 0 Å². The van der Waals surface area contributed by atoms with Crippen LogP contribution < -0.4 is 0 Å². The molecule has 3 rings (SSSR count). The van der Waals surface area contributed by atoms with Gasteiger partial charge in [-0.3, -0.25) is 0 Å². The summed E-state index contributed by atoms with van der Waals surface area (Å²) in [5, 5.41) is 21.0. The molecule has 2 nitrogen and oxygen atoms in total. The van der Waals surface area contributed by atoms with Crippen LogP contribution >= 0.6 is 0 Å². The van der Waals surface area contributed by atoms with Crippen LogP contribution in [-0.2, 0) is 12.8 Å². The van der Waals surface area contributed by atoms with Gasteiger partial charge < -0.3 is 10.2 Å². The van der Waals surface area contributed by atoms with E-state index in [-0.39, 0.29) is 7.43 Å². The third-order valence-corrected chi connectivity index (χ3v) is 13.5. The standard InChI is InChI=1S/C43H80O.C14H20O.CH4/c1-4-6-8-10-12-14-16-18-20-22-24-26-28-30-32-34-36-41-38-40(3)39-42(43(41)44)37-35-33-31-29-27-25-23-21-19-17-15-13-11-9-7-5-2;1-10-8-11(2)14(15)13(9-10)12-6-4-3-5-7-12;/h38-39,44H,4-37H2,1-3H3;8-9,12,15H,3-7H2,1-2H3;1H4. The van der Waals surface area contributed by atoms with Gasteiger partial charge in [-0.25, -0.2) is 0 Å². The minimum Gasteiger partial charge on any atom is -0.507 e. The molecule has 2 aromatic rings. The van der Waals surface area contributed by atoms with Crippen LogP contribution in [0.5, 0.6) is 11.5 Å². The van der Waals surface area contributed by atoms with Crippen molar-refractivity contribution < 1.29 is 10.2 Å². The third-order valence-electron chi connectivity index (χ3n) is 13.5. The van der Waals surface area contributed by atoms with Crippen molar-refractivity contribution in [1.29, 1.82) is 0 Å². The minimum atomic E-state index is 0. The SMILES string of the molecule is C.CCCCCCCCCCCCCCCCCCc1cc(C)cc(CCCCCCCCCCCCCCCCCC)c1O.Cc1cc(C)c(O)c(C2CCCCC2)c1. The van der Waals surface area contributed by atoms with Crippen LogP contribution in [0.15, 0.2) is 24.3 Å². The average molecular weight is 833 g/mol. The van der Waals surface area contributed by atoms with Gasteiger partial charge in [0.15, 0.2) is 0 Å². The maximum atomic E-state index is 11.0. The van der Waals surface area contributed by atoms with E-state index in [1.54, 1.807) is 0 Å². The molecule has 348 valence electrons. The van der Waals surface area contributed by atoms with Crippen molar-refractivity contribution in [3.63, 3.8) is 0 Å². The summed E-state index contributed by atoms with van der Waals surface area (Å²) in [7, 11) is 0. The molecular formula is C58H104O2. The number of aryl methyl sites for hydroxylation is 5. The Morgan fingerprint density at radius 3 is 1.02 bits per heavy atom. The van der Waals surface area contributed by atoms with Crippen molar-refractivity contribution in [1.82, 2.24) is 0 Å². The Kier molecular flexibility index (Phi) is 36.2. The second-order valence-electron chi connectivity index (χ2n) is 19.4. The molecule has 0 saturated heterocycles. The first-order valence-corrected chi connectivity index (χ1v) is 26.5. The Labute approximate surface area is 376 Å². The van der Waals surface area contributed by atoms with E-state index in [1.807, 2.05) is 6.92 Å². The molecule has 0 heterocycles. The number of benzene rings is 2. The van der Waals surface area contributed by atoms with Crippen LogP contribution in [0.1, 0.15) is 298 Å². The minimum absolute atomic E-state index is 0. The predicted octanol–water partition coefficient (Wildman–Crippen LogP) is 20.0. The molecule has 0 aliphatic heterocycles. The fraction of sp³-hybridized carbons (Fsp3) is 0.793. The number of hydrogen-bond donors (Lipinski definition) is 2. The summed E-state index contributed by atoms with van der Waals surface area (Å²) in [6.45, 7) is 10.9. The first-order valence-electron chi connectivity index (χ1n) is 26.5. The summed E-state index contributed by atoms with van der Waals surface area (Å²) in [5.41, 5.74) is 7.19. The second-order valence-corrected chi connectivity index (χ2v) is 19.4. The van der Waals surface area contributed by atoms with Gasteiger partial charge in [0.05, 0.1) is 0 Å². The normalized spacial score (nSPS) is 12.9. The zero-order chi connectivity index (χ0) is 42.6. The Hall–Kier alpha value is -1.96. The Morgan fingerprint density at radius 2 is 0.683 bits per heavy atom. The number of unbranched alkanes of at least 4 members (excludes halogenated alkanes) is 30. The number of phenols is 2. The average Bonchev–Trinajstić information content (AvgIpc) is 3.23. The van der Waals surface area contributed by atoms with Gasteiger partial charge in [0, 0.05) is 0 Å². The van der Waals surface area contributed by atoms with Crippen LogP contribution in [0.3, 0.4) is 0 Å². The van der Waals surface area contributed by atoms with E-state index in [2.05, 4.69) is 52.0 Å². The molecule has 2 aromatic carbocycles. The summed E-state index contributed by atoms with van der Waals surface area (Å²) in [6.07, 6.45) is 53.6. The van der Waals surface area contributed by atoms with E-state index in [0.717, 1.165) is 18.4 Å². The van der Waals surface area contributed by atoms with E-state index in [9.17, 15) is 10.2 Å². The largest absolute Gasteiger partial charge is 0.507 e. The molecule has 60 heavy (non-hydrogen) atoms. The molecule has 0 atom stereocenters. The van der Waals surface area contributed by atoms with Crippen molar-refractivity contribution >= 4 is 0 Å². The molecule has 1 fully saturated rings.